The lowest BCUT2D eigenvalue weighted by atomic mass is 9.94. The normalized spacial score (nSPS) is 12.3. The van der Waals surface area contributed by atoms with Gasteiger partial charge in [0.1, 0.15) is 17.4 Å². The average Bonchev–Trinajstić information content (AvgIpc) is 3.00. The number of guanidine groups is 1. The molecule has 0 spiro atoms. The maximum absolute atomic E-state index is 13.6. The van der Waals surface area contributed by atoms with E-state index in [2.05, 4.69) is 20.6 Å². The summed E-state index contributed by atoms with van der Waals surface area (Å²) in [6, 6.07) is 3.34. The molecule has 5 nitrogen and oxygen atoms in total. The standard InChI is InChI=1S/C17H22F2N4O/c1-17(2,3)14-9-21-15(24-14)10-23-16(20-4)22-8-11-7-12(18)5-6-13(11)19/h5-7,9H,8,10H2,1-4H3,(H2,20,22,23). The molecule has 24 heavy (non-hydrogen) atoms. The topological polar surface area (TPSA) is 62.5 Å². The summed E-state index contributed by atoms with van der Waals surface area (Å²) in [6.45, 7) is 6.57. The minimum atomic E-state index is -0.481. The van der Waals surface area contributed by atoms with Gasteiger partial charge in [0.25, 0.3) is 0 Å². The molecule has 0 bridgehead atoms. The SMILES string of the molecule is CN=C(NCc1ncc(C(C)(C)C)o1)NCc1cc(F)ccc1F. The molecule has 2 rings (SSSR count). The van der Waals surface area contributed by atoms with Crippen LogP contribution in [0.4, 0.5) is 8.78 Å². The Balaban J connectivity index is 1.91. The number of hydrogen-bond donors (Lipinski definition) is 2. The van der Waals surface area contributed by atoms with E-state index in [1.54, 1.807) is 13.2 Å². The summed E-state index contributed by atoms with van der Waals surface area (Å²) < 4.78 is 32.4. The molecule has 130 valence electrons. The van der Waals surface area contributed by atoms with Gasteiger partial charge in [-0.05, 0) is 18.2 Å². The number of rotatable bonds is 4. The van der Waals surface area contributed by atoms with E-state index in [1.807, 2.05) is 20.8 Å². The largest absolute Gasteiger partial charge is 0.443 e. The molecule has 1 aromatic heterocycles. The number of nitrogens with zero attached hydrogens (tertiary/aromatic N) is 2. The molecule has 0 unspecified atom stereocenters. The van der Waals surface area contributed by atoms with Crippen molar-refractivity contribution in [3.63, 3.8) is 0 Å². The summed E-state index contributed by atoms with van der Waals surface area (Å²) in [5.41, 5.74) is 0.115. The van der Waals surface area contributed by atoms with Crippen LogP contribution in [0, 0.1) is 11.6 Å². The Morgan fingerprint density at radius 2 is 1.92 bits per heavy atom. The van der Waals surface area contributed by atoms with Crippen molar-refractivity contribution in [2.75, 3.05) is 7.05 Å². The number of hydrogen-bond acceptors (Lipinski definition) is 3. The molecule has 0 radical (unpaired) electrons. The van der Waals surface area contributed by atoms with E-state index in [4.69, 9.17) is 4.42 Å². The molecule has 0 aliphatic heterocycles. The van der Waals surface area contributed by atoms with Gasteiger partial charge >= 0.3 is 0 Å². The highest BCUT2D eigenvalue weighted by Gasteiger charge is 2.19. The van der Waals surface area contributed by atoms with Crippen molar-refractivity contribution < 1.29 is 13.2 Å². The van der Waals surface area contributed by atoms with Gasteiger partial charge in [0.05, 0.1) is 12.7 Å². The number of benzene rings is 1. The molecule has 0 saturated carbocycles. The third kappa shape index (κ3) is 4.78. The highest BCUT2D eigenvalue weighted by atomic mass is 19.1. The fourth-order valence-electron chi connectivity index (χ4n) is 1.98. The fraction of sp³-hybridized carbons (Fsp3) is 0.412. The first-order valence-electron chi connectivity index (χ1n) is 7.63. The minimum Gasteiger partial charge on any atom is -0.443 e. The van der Waals surface area contributed by atoms with Crippen LogP contribution in [0.1, 0.15) is 38.0 Å². The zero-order chi connectivity index (χ0) is 17.7. The highest BCUT2D eigenvalue weighted by molar-refractivity contribution is 5.79. The second-order valence-corrected chi connectivity index (χ2v) is 6.38. The quantitative estimate of drug-likeness (QED) is 0.665. The third-order valence-corrected chi connectivity index (χ3v) is 3.38. The maximum atomic E-state index is 13.6. The summed E-state index contributed by atoms with van der Waals surface area (Å²) in [5, 5.41) is 5.95. The summed E-state index contributed by atoms with van der Waals surface area (Å²) in [7, 11) is 1.59. The van der Waals surface area contributed by atoms with Gasteiger partial charge in [0.2, 0.25) is 5.89 Å². The molecule has 1 aromatic carbocycles. The van der Waals surface area contributed by atoms with Crippen LogP contribution < -0.4 is 10.6 Å². The minimum absolute atomic E-state index is 0.111. The molecule has 0 amide bonds. The molecule has 0 atom stereocenters. The van der Waals surface area contributed by atoms with Gasteiger partial charge in [-0.2, -0.15) is 0 Å². The Morgan fingerprint density at radius 1 is 1.21 bits per heavy atom. The van der Waals surface area contributed by atoms with Gasteiger partial charge in [0, 0.05) is 24.6 Å². The van der Waals surface area contributed by atoms with Crippen LogP contribution in [-0.4, -0.2) is 18.0 Å². The van der Waals surface area contributed by atoms with Crippen LogP contribution in [0.3, 0.4) is 0 Å². The number of aromatic nitrogens is 1. The van der Waals surface area contributed by atoms with E-state index in [-0.39, 0.29) is 17.5 Å². The van der Waals surface area contributed by atoms with E-state index in [0.717, 1.165) is 24.0 Å². The lowest BCUT2D eigenvalue weighted by molar-refractivity contribution is 0.379. The van der Waals surface area contributed by atoms with Crippen molar-refractivity contribution >= 4 is 5.96 Å². The molecule has 2 N–H and O–H groups in total. The first-order chi connectivity index (χ1) is 11.3. The van der Waals surface area contributed by atoms with Crippen molar-refractivity contribution in [3.8, 4) is 0 Å². The smallest absolute Gasteiger partial charge is 0.213 e. The first kappa shape index (κ1) is 17.9. The van der Waals surface area contributed by atoms with E-state index >= 15 is 0 Å². The van der Waals surface area contributed by atoms with Gasteiger partial charge in [-0.3, -0.25) is 4.99 Å². The molecule has 0 aliphatic rings. The lowest BCUT2D eigenvalue weighted by Crippen LogP contribution is -2.36. The maximum Gasteiger partial charge on any atom is 0.213 e. The van der Waals surface area contributed by atoms with Crippen LogP contribution >= 0.6 is 0 Å². The lowest BCUT2D eigenvalue weighted by Gasteiger charge is -2.13. The number of halogens is 2. The number of nitrogens with one attached hydrogen (secondary N) is 2. The zero-order valence-electron chi connectivity index (χ0n) is 14.3. The molecule has 0 fully saturated rings. The van der Waals surface area contributed by atoms with E-state index in [1.165, 1.54) is 0 Å². The molecule has 0 saturated heterocycles. The summed E-state index contributed by atoms with van der Waals surface area (Å²) in [5.74, 6) is 0.811. The number of aliphatic imine (C=N–C) groups is 1. The monoisotopic (exact) mass is 336 g/mol. The van der Waals surface area contributed by atoms with Crippen LogP contribution in [0.5, 0.6) is 0 Å². The predicted octanol–water partition coefficient (Wildman–Crippen LogP) is 3.12. The zero-order valence-corrected chi connectivity index (χ0v) is 14.3. The van der Waals surface area contributed by atoms with E-state index in [9.17, 15) is 8.78 Å². The molecule has 7 heteroatoms. The second kappa shape index (κ2) is 7.42. The van der Waals surface area contributed by atoms with Gasteiger partial charge in [-0.15, -0.1) is 0 Å². The predicted molar refractivity (Wildman–Crippen MR) is 88.6 cm³/mol. The third-order valence-electron chi connectivity index (χ3n) is 3.38. The molecular weight excluding hydrogens is 314 g/mol. The Kier molecular flexibility index (Phi) is 5.54. The molecule has 0 aliphatic carbocycles. The molecule has 2 aromatic rings. The summed E-state index contributed by atoms with van der Waals surface area (Å²) >= 11 is 0. The van der Waals surface area contributed by atoms with E-state index in [0.29, 0.717) is 18.4 Å². The fourth-order valence-corrected chi connectivity index (χ4v) is 1.98. The summed E-state index contributed by atoms with van der Waals surface area (Å²) in [6.07, 6.45) is 1.70. The van der Waals surface area contributed by atoms with Gasteiger partial charge in [-0.1, -0.05) is 20.8 Å². The van der Waals surface area contributed by atoms with Crippen molar-refractivity contribution in [2.45, 2.75) is 39.3 Å². The van der Waals surface area contributed by atoms with Crippen molar-refractivity contribution in [2.24, 2.45) is 4.99 Å². The van der Waals surface area contributed by atoms with Crippen LogP contribution in [0.15, 0.2) is 33.8 Å². The Labute approximate surface area is 140 Å². The van der Waals surface area contributed by atoms with Crippen molar-refractivity contribution in [1.82, 2.24) is 15.6 Å². The Bertz CT molecular complexity index is 720. The molecular formula is C17H22F2N4O. The average molecular weight is 336 g/mol. The number of oxazole rings is 1. The highest BCUT2D eigenvalue weighted by Crippen LogP contribution is 2.22. The van der Waals surface area contributed by atoms with Gasteiger partial charge in [0.15, 0.2) is 5.96 Å². The summed E-state index contributed by atoms with van der Waals surface area (Å²) in [4.78, 5) is 8.25. The van der Waals surface area contributed by atoms with Crippen LogP contribution in [-0.2, 0) is 18.5 Å². The van der Waals surface area contributed by atoms with Gasteiger partial charge < -0.3 is 15.1 Å². The van der Waals surface area contributed by atoms with Gasteiger partial charge in [-0.25, -0.2) is 13.8 Å². The van der Waals surface area contributed by atoms with Crippen molar-refractivity contribution in [3.05, 3.63) is 53.2 Å². The van der Waals surface area contributed by atoms with Crippen LogP contribution in [0.2, 0.25) is 0 Å². The Morgan fingerprint density at radius 3 is 2.54 bits per heavy atom. The van der Waals surface area contributed by atoms with Crippen LogP contribution in [0.25, 0.3) is 0 Å². The Hall–Kier alpha value is -2.44. The first-order valence-corrected chi connectivity index (χ1v) is 7.63. The van der Waals surface area contributed by atoms with E-state index < -0.39 is 11.6 Å². The molecule has 1 heterocycles. The van der Waals surface area contributed by atoms with Crippen molar-refractivity contribution in [1.29, 1.82) is 0 Å². The second-order valence-electron chi connectivity index (χ2n) is 6.38.